The summed E-state index contributed by atoms with van der Waals surface area (Å²) in [6, 6.07) is 0.908. The number of ether oxygens (including phenoxy) is 3. The summed E-state index contributed by atoms with van der Waals surface area (Å²) in [5.74, 6) is -3.34. The molecule has 1 aromatic heterocycles. The lowest BCUT2D eigenvalue weighted by molar-refractivity contribution is -0.188. The first kappa shape index (κ1) is 22.2. The van der Waals surface area contributed by atoms with Crippen LogP contribution in [0.1, 0.15) is 27.2 Å². The van der Waals surface area contributed by atoms with Gasteiger partial charge in [0.15, 0.2) is 18.0 Å². The zero-order valence-electron chi connectivity index (χ0n) is 15.9. The summed E-state index contributed by atoms with van der Waals surface area (Å²) in [6.45, 7) is 2.39. The number of carbonyl (C=O) groups excluding carboxylic acids is 4. The number of H-pyrrole nitrogens is 1. The fraction of sp³-hybridized carbons (Fsp3) is 0.529. The second kappa shape index (κ2) is 8.49. The Morgan fingerprint density at radius 2 is 1.79 bits per heavy atom. The van der Waals surface area contributed by atoms with E-state index in [1.807, 2.05) is 4.98 Å². The number of carbonyl (C=O) groups is 4. The smallest absolute Gasteiger partial charge is 0.331 e. The molecule has 0 spiro atoms. The van der Waals surface area contributed by atoms with Crippen LogP contribution in [0.5, 0.6) is 0 Å². The Balaban J connectivity index is 2.80. The monoisotopic (exact) mass is 412 g/mol. The van der Waals surface area contributed by atoms with E-state index in [4.69, 9.17) is 14.2 Å². The molecule has 0 amide bonds. The predicted molar refractivity (Wildman–Crippen MR) is 92.7 cm³/mol. The second-order valence-corrected chi connectivity index (χ2v) is 6.42. The van der Waals surface area contributed by atoms with Crippen molar-refractivity contribution < 1.29 is 38.5 Å². The van der Waals surface area contributed by atoms with Gasteiger partial charge in [-0.3, -0.25) is 33.5 Å². The van der Waals surface area contributed by atoms with Crippen molar-refractivity contribution in [2.45, 2.75) is 51.2 Å². The van der Waals surface area contributed by atoms with Crippen LogP contribution in [0.2, 0.25) is 0 Å². The number of hydrogen-bond acceptors (Lipinski definition) is 10. The van der Waals surface area contributed by atoms with E-state index < -0.39 is 71.8 Å². The Morgan fingerprint density at radius 3 is 2.28 bits per heavy atom. The molecule has 158 valence electrons. The second-order valence-electron chi connectivity index (χ2n) is 6.42. The zero-order valence-corrected chi connectivity index (χ0v) is 15.9. The third-order valence-corrected chi connectivity index (χ3v) is 4.15. The molecule has 1 fully saturated rings. The summed E-state index contributed by atoms with van der Waals surface area (Å²) in [4.78, 5) is 73.8. The topological polar surface area (TPSA) is 171 Å². The lowest BCUT2D eigenvalue weighted by atomic mass is 9.94. The van der Waals surface area contributed by atoms with Crippen molar-refractivity contribution >= 4 is 23.5 Å². The quantitative estimate of drug-likeness (QED) is 0.377. The van der Waals surface area contributed by atoms with E-state index in [0.717, 1.165) is 33.0 Å². The van der Waals surface area contributed by atoms with Crippen molar-refractivity contribution in [1.82, 2.24) is 9.55 Å². The number of rotatable bonds is 7. The van der Waals surface area contributed by atoms with Crippen molar-refractivity contribution in [2.75, 3.05) is 6.61 Å². The van der Waals surface area contributed by atoms with E-state index in [9.17, 15) is 33.9 Å². The third kappa shape index (κ3) is 4.32. The summed E-state index contributed by atoms with van der Waals surface area (Å²) in [6.07, 6.45) is -4.39. The number of nitrogens with zero attached hydrogens (tertiary/aromatic N) is 1. The average molecular weight is 412 g/mol. The van der Waals surface area contributed by atoms with Gasteiger partial charge in [-0.1, -0.05) is 0 Å². The lowest BCUT2D eigenvalue weighted by Gasteiger charge is -2.34. The summed E-state index contributed by atoms with van der Waals surface area (Å²) in [5.41, 5.74) is -4.35. The summed E-state index contributed by atoms with van der Waals surface area (Å²) in [7, 11) is 0. The first-order chi connectivity index (χ1) is 13.5. The maximum absolute atomic E-state index is 13.1. The van der Waals surface area contributed by atoms with Crippen molar-refractivity contribution in [1.29, 1.82) is 0 Å². The molecule has 2 N–H and O–H groups in total. The van der Waals surface area contributed by atoms with Crippen LogP contribution in [-0.2, 0) is 39.1 Å². The number of aliphatic hydroxyl groups excluding tert-OH is 1. The Labute approximate surface area is 163 Å². The third-order valence-electron chi connectivity index (χ3n) is 4.15. The van der Waals surface area contributed by atoms with Gasteiger partial charge < -0.3 is 19.3 Å². The Kier molecular flexibility index (Phi) is 6.49. The molecule has 2 rings (SSSR count). The van der Waals surface area contributed by atoms with Gasteiger partial charge in [0.1, 0.15) is 11.9 Å². The predicted octanol–water partition coefficient (Wildman–Crippen LogP) is -2.01. The highest BCUT2D eigenvalue weighted by Gasteiger charge is 2.64. The minimum Gasteiger partial charge on any atom is -0.455 e. The van der Waals surface area contributed by atoms with Gasteiger partial charge in [-0.05, 0) is 6.92 Å². The van der Waals surface area contributed by atoms with Gasteiger partial charge in [-0.15, -0.1) is 0 Å². The molecule has 0 bridgehead atoms. The minimum atomic E-state index is -2.47. The molecule has 0 unspecified atom stereocenters. The first-order valence-electron chi connectivity index (χ1n) is 8.51. The summed E-state index contributed by atoms with van der Waals surface area (Å²) < 4.78 is 16.5. The van der Waals surface area contributed by atoms with Gasteiger partial charge in [0.05, 0.1) is 13.0 Å². The fourth-order valence-electron chi connectivity index (χ4n) is 3.16. The number of aromatic amines is 1. The first-order valence-corrected chi connectivity index (χ1v) is 8.51. The number of ketones is 2. The average Bonchev–Trinajstić information content (AvgIpc) is 2.88. The van der Waals surface area contributed by atoms with Gasteiger partial charge >= 0.3 is 17.6 Å². The van der Waals surface area contributed by atoms with E-state index in [-0.39, 0.29) is 0 Å². The molecular weight excluding hydrogens is 392 g/mol. The molecule has 2 heterocycles. The van der Waals surface area contributed by atoms with Gasteiger partial charge in [0.25, 0.3) is 11.3 Å². The Morgan fingerprint density at radius 1 is 1.17 bits per heavy atom. The summed E-state index contributed by atoms with van der Waals surface area (Å²) in [5, 5.41) is 9.68. The Hall–Kier alpha value is -3.12. The Bertz CT molecular complexity index is 948. The maximum atomic E-state index is 13.1. The number of Topliss-reactive ketones (excluding diaryl/α,β-unsaturated/α-hetero) is 2. The number of nitrogens with one attached hydrogen (secondary N) is 1. The highest BCUT2D eigenvalue weighted by atomic mass is 16.7. The number of aliphatic hydroxyl groups is 1. The molecule has 0 saturated carbocycles. The van der Waals surface area contributed by atoms with Crippen molar-refractivity contribution in [3.63, 3.8) is 0 Å². The van der Waals surface area contributed by atoms with E-state index in [1.54, 1.807) is 0 Å². The molecule has 0 radical (unpaired) electrons. The van der Waals surface area contributed by atoms with Crippen LogP contribution >= 0.6 is 0 Å². The molecule has 0 aliphatic carbocycles. The van der Waals surface area contributed by atoms with Crippen LogP contribution in [0.4, 0.5) is 0 Å². The van der Waals surface area contributed by atoms with Crippen molar-refractivity contribution in [2.24, 2.45) is 0 Å². The fourth-order valence-corrected chi connectivity index (χ4v) is 3.16. The molecule has 4 atom stereocenters. The SMILES string of the molecule is CC(=O)CC(=O)[C@@]1(n2ccc(=O)[nH]c2=O)O[C@H](CO)[C@@H](OC(C)=O)[C@H]1OC(C)=O. The van der Waals surface area contributed by atoms with E-state index >= 15 is 0 Å². The van der Waals surface area contributed by atoms with Gasteiger partial charge in [-0.25, -0.2) is 4.79 Å². The van der Waals surface area contributed by atoms with Crippen LogP contribution in [0.25, 0.3) is 0 Å². The zero-order chi connectivity index (χ0) is 21.9. The van der Waals surface area contributed by atoms with Crippen LogP contribution in [-0.4, -0.2) is 63.1 Å². The highest BCUT2D eigenvalue weighted by Crippen LogP contribution is 2.40. The molecule has 1 aliphatic rings. The highest BCUT2D eigenvalue weighted by molar-refractivity contribution is 6.01. The minimum absolute atomic E-state index is 0.589. The van der Waals surface area contributed by atoms with Crippen LogP contribution in [0, 0.1) is 0 Å². The largest absolute Gasteiger partial charge is 0.455 e. The van der Waals surface area contributed by atoms with E-state index in [0.29, 0.717) is 4.57 Å². The molecular formula is C17H20N2O10. The normalized spacial score (nSPS) is 26.0. The molecule has 1 saturated heterocycles. The van der Waals surface area contributed by atoms with Gasteiger partial charge in [0.2, 0.25) is 0 Å². The molecule has 0 aromatic carbocycles. The van der Waals surface area contributed by atoms with E-state index in [2.05, 4.69) is 0 Å². The molecule has 1 aliphatic heterocycles. The lowest BCUT2D eigenvalue weighted by Crippen LogP contribution is -2.58. The summed E-state index contributed by atoms with van der Waals surface area (Å²) >= 11 is 0. The number of esters is 2. The molecule has 29 heavy (non-hydrogen) atoms. The maximum Gasteiger partial charge on any atom is 0.331 e. The van der Waals surface area contributed by atoms with Crippen LogP contribution in [0.3, 0.4) is 0 Å². The molecule has 12 heteroatoms. The number of hydrogen-bond donors (Lipinski definition) is 2. The van der Waals surface area contributed by atoms with Crippen LogP contribution in [0.15, 0.2) is 21.9 Å². The van der Waals surface area contributed by atoms with E-state index in [1.165, 1.54) is 0 Å². The molecule has 1 aromatic rings. The molecule has 12 nitrogen and oxygen atoms in total. The van der Waals surface area contributed by atoms with Gasteiger partial charge in [-0.2, -0.15) is 0 Å². The van der Waals surface area contributed by atoms with Crippen LogP contribution < -0.4 is 11.2 Å². The van der Waals surface area contributed by atoms with Crippen molar-refractivity contribution in [3.8, 4) is 0 Å². The standard InChI is InChI=1S/C17H20N2O10/c1-8(21)6-12(24)17(19-5-4-13(25)18-16(19)26)15(28-10(3)23)14(27-9(2)22)11(7-20)29-17/h4-5,11,14-15,20H,6-7H2,1-3H3,(H,18,25,26)/t11-,14-,15-,17-/m1/s1. The van der Waals surface area contributed by atoms with Crippen molar-refractivity contribution in [3.05, 3.63) is 33.1 Å². The number of aromatic nitrogens is 2. The van der Waals surface area contributed by atoms with Gasteiger partial charge in [0, 0.05) is 26.1 Å².